The smallest absolute Gasteiger partial charge is 0.119 e. The molecule has 1 atom stereocenters. The number of anilines is 1. The van der Waals surface area contributed by atoms with Crippen molar-refractivity contribution in [3.8, 4) is 11.5 Å². The van der Waals surface area contributed by atoms with Crippen LogP contribution in [0.15, 0.2) is 103 Å². The van der Waals surface area contributed by atoms with E-state index in [1.54, 1.807) is 7.11 Å². The summed E-state index contributed by atoms with van der Waals surface area (Å²) in [5.74, 6) is 1.83. The predicted molar refractivity (Wildman–Crippen MR) is 134 cm³/mol. The van der Waals surface area contributed by atoms with E-state index in [1.807, 2.05) is 18.2 Å². The van der Waals surface area contributed by atoms with Crippen LogP contribution in [-0.2, 0) is 19.4 Å². The maximum Gasteiger partial charge on any atom is 0.119 e. The summed E-state index contributed by atoms with van der Waals surface area (Å²) in [7, 11) is 1.74. The Morgan fingerprint density at radius 3 is 2.18 bits per heavy atom. The number of ether oxygens (including phenoxy) is 2. The SMILES string of the molecule is COc1ccc2c(c1)CCN(c1ccccc1)C2Cc1ccc(OCc2ccccc2)cc1. The van der Waals surface area contributed by atoms with Gasteiger partial charge in [0.1, 0.15) is 18.1 Å². The molecule has 4 aromatic carbocycles. The van der Waals surface area contributed by atoms with E-state index in [0.29, 0.717) is 6.61 Å². The van der Waals surface area contributed by atoms with Gasteiger partial charge in [-0.1, -0.05) is 66.7 Å². The molecule has 3 heteroatoms. The van der Waals surface area contributed by atoms with Gasteiger partial charge in [0.25, 0.3) is 0 Å². The van der Waals surface area contributed by atoms with Crippen LogP contribution in [0.25, 0.3) is 0 Å². The first-order valence-electron chi connectivity index (χ1n) is 11.5. The Bertz CT molecular complexity index is 1170. The molecule has 0 bridgehead atoms. The third-order valence-electron chi connectivity index (χ3n) is 6.40. The molecular formula is C30H29NO2. The van der Waals surface area contributed by atoms with Crippen molar-refractivity contribution in [2.75, 3.05) is 18.6 Å². The van der Waals surface area contributed by atoms with E-state index in [1.165, 1.54) is 27.9 Å². The molecule has 33 heavy (non-hydrogen) atoms. The summed E-state index contributed by atoms with van der Waals surface area (Å²) in [6, 6.07) is 36.4. The summed E-state index contributed by atoms with van der Waals surface area (Å²) in [5, 5.41) is 0. The zero-order valence-electron chi connectivity index (χ0n) is 19.0. The molecule has 0 saturated carbocycles. The van der Waals surface area contributed by atoms with Gasteiger partial charge < -0.3 is 14.4 Å². The van der Waals surface area contributed by atoms with Crippen LogP contribution in [-0.4, -0.2) is 13.7 Å². The minimum absolute atomic E-state index is 0.276. The van der Waals surface area contributed by atoms with Gasteiger partial charge in [-0.15, -0.1) is 0 Å². The van der Waals surface area contributed by atoms with Gasteiger partial charge in [-0.05, 0) is 71.5 Å². The lowest BCUT2D eigenvalue weighted by molar-refractivity contribution is 0.306. The lowest BCUT2D eigenvalue weighted by atomic mass is 9.88. The summed E-state index contributed by atoms with van der Waals surface area (Å²) in [6.07, 6.45) is 1.96. The Hall–Kier alpha value is -3.72. The van der Waals surface area contributed by atoms with E-state index < -0.39 is 0 Å². The maximum absolute atomic E-state index is 5.98. The summed E-state index contributed by atoms with van der Waals surface area (Å²) in [6.45, 7) is 1.58. The number of rotatable bonds is 7. The molecule has 1 heterocycles. The molecule has 4 aromatic rings. The fraction of sp³-hybridized carbons (Fsp3) is 0.200. The molecule has 1 aliphatic heterocycles. The Balaban J connectivity index is 1.37. The van der Waals surface area contributed by atoms with Gasteiger partial charge in [-0.2, -0.15) is 0 Å². The molecule has 0 aromatic heterocycles. The molecule has 3 nitrogen and oxygen atoms in total. The quantitative estimate of drug-likeness (QED) is 0.326. The maximum atomic E-state index is 5.98. The van der Waals surface area contributed by atoms with Crippen LogP contribution in [0.1, 0.15) is 28.3 Å². The highest BCUT2D eigenvalue weighted by atomic mass is 16.5. The van der Waals surface area contributed by atoms with Crippen molar-refractivity contribution in [2.24, 2.45) is 0 Å². The zero-order chi connectivity index (χ0) is 22.5. The van der Waals surface area contributed by atoms with Gasteiger partial charge in [0, 0.05) is 12.2 Å². The van der Waals surface area contributed by atoms with Gasteiger partial charge in [-0.25, -0.2) is 0 Å². The van der Waals surface area contributed by atoms with Crippen molar-refractivity contribution in [3.05, 3.63) is 125 Å². The van der Waals surface area contributed by atoms with Gasteiger partial charge in [0.05, 0.1) is 13.2 Å². The Morgan fingerprint density at radius 1 is 0.758 bits per heavy atom. The first-order valence-corrected chi connectivity index (χ1v) is 11.5. The Labute approximate surface area is 196 Å². The van der Waals surface area contributed by atoms with E-state index in [2.05, 4.69) is 89.8 Å². The van der Waals surface area contributed by atoms with Crippen molar-refractivity contribution in [1.29, 1.82) is 0 Å². The Morgan fingerprint density at radius 2 is 1.45 bits per heavy atom. The average molecular weight is 436 g/mol. The third-order valence-corrected chi connectivity index (χ3v) is 6.40. The molecule has 0 fully saturated rings. The molecule has 0 aliphatic carbocycles. The van der Waals surface area contributed by atoms with Crippen molar-refractivity contribution in [2.45, 2.75) is 25.5 Å². The third kappa shape index (κ3) is 4.88. The number of para-hydroxylation sites is 1. The lowest BCUT2D eigenvalue weighted by Gasteiger charge is -2.39. The molecule has 0 saturated heterocycles. The molecule has 5 rings (SSSR count). The number of hydrogen-bond donors (Lipinski definition) is 0. The zero-order valence-corrected chi connectivity index (χ0v) is 19.0. The normalized spacial score (nSPS) is 15.1. The van der Waals surface area contributed by atoms with Crippen LogP contribution >= 0.6 is 0 Å². The molecule has 0 N–H and O–H groups in total. The van der Waals surface area contributed by atoms with Crippen LogP contribution in [0.3, 0.4) is 0 Å². The van der Waals surface area contributed by atoms with Crippen molar-refractivity contribution < 1.29 is 9.47 Å². The highest BCUT2D eigenvalue weighted by Gasteiger charge is 2.28. The Kier molecular flexibility index (Phi) is 6.30. The fourth-order valence-electron chi connectivity index (χ4n) is 4.65. The van der Waals surface area contributed by atoms with E-state index in [4.69, 9.17) is 9.47 Å². The van der Waals surface area contributed by atoms with Gasteiger partial charge in [0.2, 0.25) is 0 Å². The van der Waals surface area contributed by atoms with E-state index >= 15 is 0 Å². The highest BCUT2D eigenvalue weighted by Crippen LogP contribution is 2.37. The number of nitrogens with zero attached hydrogens (tertiary/aromatic N) is 1. The summed E-state index contributed by atoms with van der Waals surface area (Å²) in [5.41, 5.74) is 6.52. The van der Waals surface area contributed by atoms with Gasteiger partial charge in [-0.3, -0.25) is 0 Å². The summed E-state index contributed by atoms with van der Waals surface area (Å²) < 4.78 is 11.5. The van der Waals surface area contributed by atoms with Gasteiger partial charge >= 0.3 is 0 Å². The molecule has 0 radical (unpaired) electrons. The lowest BCUT2D eigenvalue weighted by Crippen LogP contribution is -2.36. The average Bonchev–Trinajstić information content (AvgIpc) is 2.89. The first-order chi connectivity index (χ1) is 16.3. The van der Waals surface area contributed by atoms with Crippen LogP contribution in [0, 0.1) is 0 Å². The van der Waals surface area contributed by atoms with Crippen molar-refractivity contribution >= 4 is 5.69 Å². The van der Waals surface area contributed by atoms with Gasteiger partial charge in [0.15, 0.2) is 0 Å². The number of hydrogen-bond acceptors (Lipinski definition) is 3. The summed E-state index contributed by atoms with van der Waals surface area (Å²) >= 11 is 0. The first kappa shape index (κ1) is 21.1. The van der Waals surface area contributed by atoms with Crippen LogP contribution < -0.4 is 14.4 Å². The molecule has 1 unspecified atom stereocenters. The fourth-order valence-corrected chi connectivity index (χ4v) is 4.65. The minimum Gasteiger partial charge on any atom is -0.497 e. The number of fused-ring (bicyclic) bond motifs is 1. The molecular weight excluding hydrogens is 406 g/mol. The molecule has 0 amide bonds. The minimum atomic E-state index is 0.276. The van der Waals surface area contributed by atoms with E-state index in [-0.39, 0.29) is 6.04 Å². The highest BCUT2D eigenvalue weighted by molar-refractivity contribution is 5.53. The van der Waals surface area contributed by atoms with E-state index in [0.717, 1.165) is 30.9 Å². The molecule has 166 valence electrons. The molecule has 0 spiro atoms. The second-order valence-electron chi connectivity index (χ2n) is 8.48. The van der Waals surface area contributed by atoms with Crippen molar-refractivity contribution in [3.63, 3.8) is 0 Å². The summed E-state index contributed by atoms with van der Waals surface area (Å²) in [4.78, 5) is 2.54. The largest absolute Gasteiger partial charge is 0.497 e. The topological polar surface area (TPSA) is 21.7 Å². The standard InChI is InChI=1S/C30H29NO2/c1-32-28-16-17-29-25(21-28)18-19-31(26-10-6-3-7-11-26)30(29)20-23-12-14-27(15-13-23)33-22-24-8-4-2-5-9-24/h2-17,21,30H,18-20,22H2,1H3. The number of benzene rings is 4. The van der Waals surface area contributed by atoms with Crippen LogP contribution in [0.4, 0.5) is 5.69 Å². The van der Waals surface area contributed by atoms with Crippen LogP contribution in [0.2, 0.25) is 0 Å². The second-order valence-corrected chi connectivity index (χ2v) is 8.48. The number of methoxy groups -OCH3 is 1. The predicted octanol–water partition coefficient (Wildman–Crippen LogP) is 6.62. The van der Waals surface area contributed by atoms with E-state index in [9.17, 15) is 0 Å². The second kappa shape index (κ2) is 9.83. The van der Waals surface area contributed by atoms with Crippen molar-refractivity contribution in [1.82, 2.24) is 0 Å². The molecule has 1 aliphatic rings. The monoisotopic (exact) mass is 435 g/mol. The van der Waals surface area contributed by atoms with Crippen LogP contribution in [0.5, 0.6) is 11.5 Å².